The highest BCUT2D eigenvalue weighted by Crippen LogP contribution is 2.15. The Labute approximate surface area is 126 Å². The fourth-order valence-corrected chi connectivity index (χ4v) is 2.69. The fraction of sp³-hybridized carbons (Fsp3) is 0.867. The van der Waals surface area contributed by atoms with E-state index in [-0.39, 0.29) is 18.6 Å². The van der Waals surface area contributed by atoms with Gasteiger partial charge >= 0.3 is 12.0 Å². The summed E-state index contributed by atoms with van der Waals surface area (Å²) in [5, 5.41) is 11.6. The monoisotopic (exact) mass is 300 g/mol. The number of aliphatic carboxylic acids is 1. The van der Waals surface area contributed by atoms with E-state index in [4.69, 9.17) is 9.84 Å². The number of ether oxygens (including phenoxy) is 1. The van der Waals surface area contributed by atoms with Crippen LogP contribution in [0.5, 0.6) is 0 Å². The average Bonchev–Trinajstić information content (AvgIpc) is 2.50. The molecule has 0 radical (unpaired) electrons. The Bertz CT molecular complexity index is 336. The molecule has 1 fully saturated rings. The smallest absolute Gasteiger partial charge is 0.317 e. The maximum absolute atomic E-state index is 12.1. The van der Waals surface area contributed by atoms with E-state index in [2.05, 4.69) is 12.2 Å². The molecule has 2 atom stereocenters. The van der Waals surface area contributed by atoms with Crippen LogP contribution in [0.4, 0.5) is 4.79 Å². The van der Waals surface area contributed by atoms with Gasteiger partial charge in [-0.1, -0.05) is 13.3 Å². The van der Waals surface area contributed by atoms with Crippen LogP contribution in [0.25, 0.3) is 0 Å². The van der Waals surface area contributed by atoms with E-state index in [1.165, 1.54) is 0 Å². The number of nitrogens with one attached hydrogen (secondary N) is 1. The van der Waals surface area contributed by atoms with Gasteiger partial charge < -0.3 is 20.1 Å². The van der Waals surface area contributed by atoms with Gasteiger partial charge in [-0.05, 0) is 31.6 Å². The molecule has 1 saturated heterocycles. The van der Waals surface area contributed by atoms with Gasteiger partial charge in [0.2, 0.25) is 0 Å². The molecule has 2 N–H and O–H groups in total. The van der Waals surface area contributed by atoms with Crippen LogP contribution in [-0.4, -0.2) is 54.9 Å². The molecule has 0 spiro atoms. The van der Waals surface area contributed by atoms with E-state index < -0.39 is 5.97 Å². The molecule has 1 rings (SSSR count). The molecule has 0 saturated carbocycles. The van der Waals surface area contributed by atoms with E-state index in [9.17, 15) is 9.59 Å². The van der Waals surface area contributed by atoms with Crippen molar-refractivity contribution >= 4 is 12.0 Å². The fourth-order valence-electron chi connectivity index (χ4n) is 2.69. The molecule has 2 amide bonds. The molecule has 2 unspecified atom stereocenters. The third-order valence-corrected chi connectivity index (χ3v) is 4.17. The van der Waals surface area contributed by atoms with Crippen LogP contribution in [0.3, 0.4) is 0 Å². The summed E-state index contributed by atoms with van der Waals surface area (Å²) in [6.45, 7) is 4.09. The largest absolute Gasteiger partial charge is 0.481 e. The van der Waals surface area contributed by atoms with Gasteiger partial charge in [0.1, 0.15) is 0 Å². The molecule has 1 aliphatic heterocycles. The van der Waals surface area contributed by atoms with Crippen molar-refractivity contribution in [3.8, 4) is 0 Å². The van der Waals surface area contributed by atoms with Crippen molar-refractivity contribution < 1.29 is 19.4 Å². The molecule has 6 nitrogen and oxygen atoms in total. The van der Waals surface area contributed by atoms with Crippen molar-refractivity contribution in [3.63, 3.8) is 0 Å². The molecule has 0 aliphatic carbocycles. The Hall–Kier alpha value is -1.30. The van der Waals surface area contributed by atoms with Crippen LogP contribution < -0.4 is 5.32 Å². The number of amides is 2. The minimum atomic E-state index is -0.753. The van der Waals surface area contributed by atoms with Gasteiger partial charge in [-0.15, -0.1) is 0 Å². The quantitative estimate of drug-likeness (QED) is 0.719. The molecule has 0 aromatic carbocycles. The highest BCUT2D eigenvalue weighted by molar-refractivity contribution is 5.74. The molecule has 0 bridgehead atoms. The van der Waals surface area contributed by atoms with Gasteiger partial charge in [0.15, 0.2) is 0 Å². The minimum Gasteiger partial charge on any atom is -0.481 e. The van der Waals surface area contributed by atoms with Crippen molar-refractivity contribution in [1.29, 1.82) is 0 Å². The second-order valence-corrected chi connectivity index (χ2v) is 5.67. The van der Waals surface area contributed by atoms with Gasteiger partial charge in [0.05, 0.1) is 6.10 Å². The Morgan fingerprint density at radius 1 is 1.43 bits per heavy atom. The molecule has 0 aromatic rings. The van der Waals surface area contributed by atoms with E-state index in [1.807, 2.05) is 0 Å². The van der Waals surface area contributed by atoms with Crippen LogP contribution in [0.1, 0.15) is 45.4 Å². The van der Waals surface area contributed by atoms with Crippen LogP contribution in [0, 0.1) is 5.92 Å². The molecular formula is C15H28N2O4. The summed E-state index contributed by atoms with van der Waals surface area (Å²) in [6.07, 6.45) is 4.78. The number of urea groups is 1. The molecular weight excluding hydrogens is 272 g/mol. The van der Waals surface area contributed by atoms with Crippen LogP contribution in [-0.2, 0) is 9.53 Å². The van der Waals surface area contributed by atoms with Crippen molar-refractivity contribution in [2.75, 3.05) is 26.7 Å². The van der Waals surface area contributed by atoms with E-state index >= 15 is 0 Å². The van der Waals surface area contributed by atoms with Crippen molar-refractivity contribution in [2.45, 2.75) is 51.6 Å². The lowest BCUT2D eigenvalue weighted by Crippen LogP contribution is -2.47. The minimum absolute atomic E-state index is 0.0372. The Morgan fingerprint density at radius 3 is 2.81 bits per heavy atom. The molecule has 6 heteroatoms. The number of carbonyl (C=O) groups is 2. The number of carbonyl (C=O) groups excluding carboxylic acids is 1. The summed E-state index contributed by atoms with van der Waals surface area (Å²) >= 11 is 0. The molecule has 0 aromatic heterocycles. The highest BCUT2D eigenvalue weighted by Gasteiger charge is 2.23. The maximum Gasteiger partial charge on any atom is 0.317 e. The van der Waals surface area contributed by atoms with Crippen LogP contribution in [0.15, 0.2) is 0 Å². The topological polar surface area (TPSA) is 78.9 Å². The molecule has 1 aliphatic rings. The van der Waals surface area contributed by atoms with Crippen LogP contribution >= 0.6 is 0 Å². The highest BCUT2D eigenvalue weighted by atomic mass is 16.5. The summed E-state index contributed by atoms with van der Waals surface area (Å²) in [5.74, 6) is -0.397. The zero-order valence-electron chi connectivity index (χ0n) is 13.1. The van der Waals surface area contributed by atoms with E-state index in [0.29, 0.717) is 25.4 Å². The number of likely N-dealkylation sites (tertiary alicyclic amines) is 1. The van der Waals surface area contributed by atoms with E-state index in [0.717, 1.165) is 32.2 Å². The summed E-state index contributed by atoms with van der Waals surface area (Å²) in [4.78, 5) is 24.4. The lowest BCUT2D eigenvalue weighted by atomic mass is 9.97. The second kappa shape index (κ2) is 9.60. The Balaban J connectivity index is 2.23. The lowest BCUT2D eigenvalue weighted by Gasteiger charge is -2.32. The van der Waals surface area contributed by atoms with Crippen LogP contribution in [0.2, 0.25) is 0 Å². The van der Waals surface area contributed by atoms with Crippen molar-refractivity contribution in [2.24, 2.45) is 5.92 Å². The predicted molar refractivity (Wildman–Crippen MR) is 80.3 cm³/mol. The van der Waals surface area contributed by atoms with Gasteiger partial charge in [0, 0.05) is 33.2 Å². The third kappa shape index (κ3) is 6.80. The Morgan fingerprint density at radius 2 is 2.19 bits per heavy atom. The normalized spacial score (nSPS) is 20.1. The summed E-state index contributed by atoms with van der Waals surface area (Å²) in [7, 11) is 1.68. The molecule has 122 valence electrons. The average molecular weight is 300 g/mol. The van der Waals surface area contributed by atoms with Crippen molar-refractivity contribution in [3.05, 3.63) is 0 Å². The first-order valence-electron chi connectivity index (χ1n) is 7.84. The summed E-state index contributed by atoms with van der Waals surface area (Å²) in [5.41, 5.74) is 0. The number of rotatable bonds is 8. The van der Waals surface area contributed by atoms with Gasteiger partial charge in [-0.2, -0.15) is 0 Å². The molecule has 21 heavy (non-hydrogen) atoms. The summed E-state index contributed by atoms with van der Waals surface area (Å²) < 4.78 is 5.31. The maximum atomic E-state index is 12.1. The van der Waals surface area contributed by atoms with Gasteiger partial charge in [-0.3, -0.25) is 4.79 Å². The first kappa shape index (κ1) is 17.8. The zero-order chi connectivity index (χ0) is 15.7. The zero-order valence-corrected chi connectivity index (χ0v) is 13.1. The predicted octanol–water partition coefficient (Wildman–Crippen LogP) is 2.09. The second-order valence-electron chi connectivity index (χ2n) is 5.67. The molecule has 1 heterocycles. The standard InChI is InChI=1S/C15H28N2O4/c1-3-12(6-7-14(18)19)8-9-16-15(20)17-10-4-5-13(11-17)21-2/h12-13H,3-11H2,1-2H3,(H,16,20)(H,18,19). The van der Waals surface area contributed by atoms with Gasteiger partial charge in [0.25, 0.3) is 0 Å². The lowest BCUT2D eigenvalue weighted by molar-refractivity contribution is -0.137. The number of nitrogens with zero attached hydrogens (tertiary/aromatic N) is 1. The van der Waals surface area contributed by atoms with Gasteiger partial charge in [-0.25, -0.2) is 4.79 Å². The van der Waals surface area contributed by atoms with E-state index in [1.54, 1.807) is 12.0 Å². The number of hydrogen-bond acceptors (Lipinski definition) is 3. The number of carboxylic acid groups (broad SMARTS) is 1. The number of methoxy groups -OCH3 is 1. The Kier molecular flexibility index (Phi) is 8.12. The SMILES string of the molecule is CCC(CCNC(=O)N1CCCC(OC)C1)CCC(=O)O. The third-order valence-electron chi connectivity index (χ3n) is 4.17. The first-order chi connectivity index (χ1) is 10.1. The number of piperidine rings is 1. The number of hydrogen-bond donors (Lipinski definition) is 2. The van der Waals surface area contributed by atoms with Crippen molar-refractivity contribution in [1.82, 2.24) is 10.2 Å². The summed E-state index contributed by atoms with van der Waals surface area (Å²) in [6, 6.07) is -0.0372. The first-order valence-corrected chi connectivity index (χ1v) is 7.84. The number of carboxylic acids is 1.